The zero-order valence-electron chi connectivity index (χ0n) is 13.9. The van der Waals surface area contributed by atoms with Crippen molar-refractivity contribution in [2.24, 2.45) is 0 Å². The van der Waals surface area contributed by atoms with Crippen LogP contribution in [0.15, 0.2) is 83.3 Å². The van der Waals surface area contributed by atoms with E-state index in [1.807, 2.05) is 60.7 Å². The van der Waals surface area contributed by atoms with Crippen molar-refractivity contribution in [1.82, 2.24) is 4.98 Å². The van der Waals surface area contributed by atoms with E-state index >= 15 is 0 Å². The molecule has 26 heavy (non-hydrogen) atoms. The number of nitrogens with zero attached hydrogens (tertiary/aromatic N) is 1. The van der Waals surface area contributed by atoms with Gasteiger partial charge in [-0.05, 0) is 35.9 Å². The average Bonchev–Trinajstić information content (AvgIpc) is 3.11. The molecule has 3 aromatic carbocycles. The average molecular weight is 344 g/mol. The second-order valence-electron chi connectivity index (χ2n) is 5.75. The van der Waals surface area contributed by atoms with Crippen LogP contribution < -0.4 is 5.32 Å². The quantitative estimate of drug-likeness (QED) is 0.549. The lowest BCUT2D eigenvalue weighted by molar-refractivity contribution is 0.155. The standard InChI is InChI=1S/C21H16N2O3/c24-21(25-14-15-7-3-1-4-8-15)22-17-11-12-19-18(13-17)23-20(26-19)16-9-5-2-6-10-16/h1-13H,14H2,(H,22,24). The van der Waals surface area contributed by atoms with Crippen molar-refractivity contribution in [3.63, 3.8) is 0 Å². The molecular formula is C21H16N2O3. The zero-order valence-corrected chi connectivity index (χ0v) is 13.9. The number of rotatable bonds is 4. The number of anilines is 1. The minimum absolute atomic E-state index is 0.219. The highest BCUT2D eigenvalue weighted by atomic mass is 16.5. The molecule has 0 unspecified atom stereocenters. The van der Waals surface area contributed by atoms with Crippen LogP contribution in [0.25, 0.3) is 22.6 Å². The van der Waals surface area contributed by atoms with E-state index in [9.17, 15) is 4.79 Å². The van der Waals surface area contributed by atoms with Crippen LogP contribution in [0.5, 0.6) is 0 Å². The first-order valence-corrected chi connectivity index (χ1v) is 8.22. The summed E-state index contributed by atoms with van der Waals surface area (Å²) in [7, 11) is 0. The lowest BCUT2D eigenvalue weighted by Gasteiger charge is -2.06. The Labute approximate surface area is 150 Å². The molecule has 0 bridgehead atoms. The summed E-state index contributed by atoms with van der Waals surface area (Å²) in [6.45, 7) is 0.219. The number of fused-ring (bicyclic) bond motifs is 1. The van der Waals surface area contributed by atoms with E-state index in [4.69, 9.17) is 9.15 Å². The van der Waals surface area contributed by atoms with E-state index in [1.54, 1.807) is 18.2 Å². The van der Waals surface area contributed by atoms with Gasteiger partial charge in [0.1, 0.15) is 12.1 Å². The number of hydrogen-bond acceptors (Lipinski definition) is 4. The first kappa shape index (κ1) is 15.9. The number of ether oxygens (including phenoxy) is 1. The molecule has 0 fully saturated rings. The number of benzene rings is 3. The summed E-state index contributed by atoms with van der Waals surface area (Å²) in [4.78, 5) is 16.5. The van der Waals surface area contributed by atoms with Crippen LogP contribution in [-0.4, -0.2) is 11.1 Å². The van der Waals surface area contributed by atoms with Gasteiger partial charge < -0.3 is 9.15 Å². The summed E-state index contributed by atoms with van der Waals surface area (Å²) < 4.78 is 11.0. The molecule has 1 amide bonds. The number of hydrogen-bond donors (Lipinski definition) is 1. The molecule has 0 atom stereocenters. The third-order valence-electron chi connectivity index (χ3n) is 3.87. The van der Waals surface area contributed by atoms with Crippen molar-refractivity contribution < 1.29 is 13.9 Å². The molecule has 4 rings (SSSR count). The van der Waals surface area contributed by atoms with Crippen molar-refractivity contribution in [3.05, 3.63) is 84.4 Å². The molecule has 0 aliphatic rings. The highest BCUT2D eigenvalue weighted by Gasteiger charge is 2.10. The minimum Gasteiger partial charge on any atom is -0.444 e. The van der Waals surface area contributed by atoms with E-state index < -0.39 is 6.09 Å². The number of nitrogens with one attached hydrogen (secondary N) is 1. The Bertz CT molecular complexity index is 1030. The number of amides is 1. The van der Waals surface area contributed by atoms with Gasteiger partial charge in [-0.25, -0.2) is 9.78 Å². The summed E-state index contributed by atoms with van der Waals surface area (Å²) in [5, 5.41) is 2.71. The van der Waals surface area contributed by atoms with Gasteiger partial charge in [-0.3, -0.25) is 5.32 Å². The predicted molar refractivity (Wildman–Crippen MR) is 99.7 cm³/mol. The molecule has 0 saturated heterocycles. The van der Waals surface area contributed by atoms with Gasteiger partial charge in [-0.2, -0.15) is 0 Å². The van der Waals surface area contributed by atoms with Gasteiger partial charge in [-0.1, -0.05) is 48.5 Å². The molecule has 0 aliphatic carbocycles. The number of oxazole rings is 1. The molecule has 1 aromatic heterocycles. The SMILES string of the molecule is O=C(Nc1ccc2oc(-c3ccccc3)nc2c1)OCc1ccccc1. The summed E-state index contributed by atoms with van der Waals surface area (Å²) in [5.41, 5.74) is 3.77. The highest BCUT2D eigenvalue weighted by Crippen LogP contribution is 2.26. The molecule has 0 saturated carbocycles. The topological polar surface area (TPSA) is 64.4 Å². The van der Waals surface area contributed by atoms with Crippen LogP contribution in [0.3, 0.4) is 0 Å². The maximum Gasteiger partial charge on any atom is 0.411 e. The number of aromatic nitrogens is 1. The summed E-state index contributed by atoms with van der Waals surface area (Å²) in [6, 6.07) is 24.5. The van der Waals surface area contributed by atoms with E-state index in [1.165, 1.54) is 0 Å². The fourth-order valence-corrected chi connectivity index (χ4v) is 2.59. The molecule has 0 radical (unpaired) electrons. The molecule has 0 aliphatic heterocycles. The molecule has 4 aromatic rings. The van der Waals surface area contributed by atoms with Crippen LogP contribution in [0.1, 0.15) is 5.56 Å². The van der Waals surface area contributed by atoms with Gasteiger partial charge in [0.25, 0.3) is 0 Å². The second kappa shape index (κ2) is 7.11. The molecule has 5 heteroatoms. The van der Waals surface area contributed by atoms with Crippen molar-refractivity contribution in [1.29, 1.82) is 0 Å². The van der Waals surface area contributed by atoms with Crippen molar-refractivity contribution in [2.45, 2.75) is 6.61 Å². The summed E-state index contributed by atoms with van der Waals surface area (Å²) >= 11 is 0. The Hall–Kier alpha value is -3.60. The fourth-order valence-electron chi connectivity index (χ4n) is 2.59. The normalized spacial score (nSPS) is 10.6. The number of carbonyl (C=O) groups excluding carboxylic acids is 1. The van der Waals surface area contributed by atoms with E-state index in [0.29, 0.717) is 22.7 Å². The highest BCUT2D eigenvalue weighted by molar-refractivity contribution is 5.88. The van der Waals surface area contributed by atoms with Crippen LogP contribution in [0, 0.1) is 0 Å². The molecule has 1 heterocycles. The van der Waals surface area contributed by atoms with Gasteiger partial charge in [0.05, 0.1) is 0 Å². The number of carbonyl (C=O) groups is 1. The second-order valence-corrected chi connectivity index (χ2v) is 5.75. The van der Waals surface area contributed by atoms with E-state index in [-0.39, 0.29) is 6.61 Å². The van der Waals surface area contributed by atoms with Crippen molar-refractivity contribution in [2.75, 3.05) is 5.32 Å². The lowest BCUT2D eigenvalue weighted by atomic mass is 10.2. The first-order chi connectivity index (χ1) is 12.8. The Kier molecular flexibility index (Phi) is 4.35. The lowest BCUT2D eigenvalue weighted by Crippen LogP contribution is -2.13. The Morgan fingerprint density at radius 3 is 2.46 bits per heavy atom. The molecule has 1 N–H and O–H groups in total. The maximum atomic E-state index is 12.0. The van der Waals surface area contributed by atoms with Gasteiger partial charge in [0.2, 0.25) is 5.89 Å². The van der Waals surface area contributed by atoms with Gasteiger partial charge in [0.15, 0.2) is 5.58 Å². The first-order valence-electron chi connectivity index (χ1n) is 8.22. The third-order valence-corrected chi connectivity index (χ3v) is 3.87. The molecule has 0 spiro atoms. The molecule has 128 valence electrons. The van der Waals surface area contributed by atoms with Crippen LogP contribution >= 0.6 is 0 Å². The Morgan fingerprint density at radius 1 is 0.962 bits per heavy atom. The van der Waals surface area contributed by atoms with E-state index in [2.05, 4.69) is 10.3 Å². The summed E-state index contributed by atoms with van der Waals surface area (Å²) in [6.07, 6.45) is -0.514. The molecular weight excluding hydrogens is 328 g/mol. The predicted octanol–water partition coefficient (Wildman–Crippen LogP) is 5.24. The van der Waals surface area contributed by atoms with Gasteiger partial charge in [-0.15, -0.1) is 0 Å². The third kappa shape index (κ3) is 3.57. The van der Waals surface area contributed by atoms with Gasteiger partial charge >= 0.3 is 6.09 Å². The van der Waals surface area contributed by atoms with Crippen molar-refractivity contribution in [3.8, 4) is 11.5 Å². The fraction of sp³-hybridized carbons (Fsp3) is 0.0476. The Morgan fingerprint density at radius 2 is 1.69 bits per heavy atom. The monoisotopic (exact) mass is 344 g/mol. The summed E-state index contributed by atoms with van der Waals surface area (Å²) in [5.74, 6) is 0.546. The van der Waals surface area contributed by atoms with Gasteiger partial charge in [0, 0.05) is 11.3 Å². The van der Waals surface area contributed by atoms with Crippen molar-refractivity contribution >= 4 is 22.9 Å². The smallest absolute Gasteiger partial charge is 0.411 e. The zero-order chi connectivity index (χ0) is 17.8. The minimum atomic E-state index is -0.514. The Balaban J connectivity index is 1.46. The largest absolute Gasteiger partial charge is 0.444 e. The van der Waals surface area contributed by atoms with Crippen LogP contribution in [0.4, 0.5) is 10.5 Å². The molecule has 5 nitrogen and oxygen atoms in total. The maximum absolute atomic E-state index is 12.0. The van der Waals surface area contributed by atoms with Crippen LogP contribution in [-0.2, 0) is 11.3 Å². The van der Waals surface area contributed by atoms with E-state index in [0.717, 1.165) is 11.1 Å². The van der Waals surface area contributed by atoms with Crippen LogP contribution in [0.2, 0.25) is 0 Å².